The maximum absolute atomic E-state index is 11.0. The van der Waals surface area contributed by atoms with Crippen LogP contribution in [0.1, 0.15) is 12.7 Å². The van der Waals surface area contributed by atoms with E-state index in [1.54, 1.807) is 6.92 Å². The van der Waals surface area contributed by atoms with Crippen LogP contribution in [0.25, 0.3) is 0 Å². The molecule has 1 rings (SSSR count). The Labute approximate surface area is 85.8 Å². The fourth-order valence-electron chi connectivity index (χ4n) is 0.859. The molecular weight excluding hydrogens is 202 g/mol. The zero-order valence-electron chi connectivity index (χ0n) is 8.23. The van der Waals surface area contributed by atoms with Gasteiger partial charge in [-0.2, -0.15) is 4.98 Å². The highest BCUT2D eigenvalue weighted by molar-refractivity contribution is 6.32. The number of hydrogen-bond donors (Lipinski definition) is 1. The van der Waals surface area contributed by atoms with Gasteiger partial charge in [0.15, 0.2) is 5.82 Å². The van der Waals surface area contributed by atoms with Gasteiger partial charge in [-0.05, 0) is 6.92 Å². The van der Waals surface area contributed by atoms with Crippen molar-refractivity contribution in [2.75, 3.05) is 13.2 Å². The maximum atomic E-state index is 11.0. The van der Waals surface area contributed by atoms with Crippen LogP contribution in [0.3, 0.4) is 0 Å². The standard InChI is InChI=1S/C8H11N3O4/c1-2-14-8(13)7(12)9-4-3-6-10-5-15-11-6/h5H,2-4H2,1H3,(H,9,12). The number of ether oxygens (including phenoxy) is 1. The van der Waals surface area contributed by atoms with E-state index in [2.05, 4.69) is 24.7 Å². The van der Waals surface area contributed by atoms with Crippen LogP contribution in [0.4, 0.5) is 0 Å². The summed E-state index contributed by atoms with van der Waals surface area (Å²) in [4.78, 5) is 25.6. The SMILES string of the molecule is CCOC(=O)C(=O)NCCc1ncon1. The van der Waals surface area contributed by atoms with E-state index in [0.29, 0.717) is 12.2 Å². The molecule has 1 aromatic heterocycles. The first-order valence-electron chi connectivity index (χ1n) is 4.44. The summed E-state index contributed by atoms with van der Waals surface area (Å²) in [5.74, 6) is -1.18. The first-order chi connectivity index (χ1) is 7.24. The highest BCUT2D eigenvalue weighted by atomic mass is 16.5. The van der Waals surface area contributed by atoms with Crippen molar-refractivity contribution < 1.29 is 18.8 Å². The van der Waals surface area contributed by atoms with Crippen LogP contribution in [0.2, 0.25) is 0 Å². The molecule has 82 valence electrons. The Bertz CT molecular complexity index is 323. The summed E-state index contributed by atoms with van der Waals surface area (Å²) in [6.07, 6.45) is 1.60. The number of amides is 1. The molecule has 1 aromatic rings. The number of aromatic nitrogens is 2. The van der Waals surface area contributed by atoms with Gasteiger partial charge in [-0.1, -0.05) is 5.16 Å². The van der Waals surface area contributed by atoms with E-state index < -0.39 is 11.9 Å². The fraction of sp³-hybridized carbons (Fsp3) is 0.500. The Balaban J connectivity index is 2.20. The largest absolute Gasteiger partial charge is 0.459 e. The van der Waals surface area contributed by atoms with E-state index in [1.165, 1.54) is 6.39 Å². The van der Waals surface area contributed by atoms with Gasteiger partial charge in [0.25, 0.3) is 0 Å². The van der Waals surface area contributed by atoms with Crippen molar-refractivity contribution in [2.24, 2.45) is 0 Å². The van der Waals surface area contributed by atoms with Crippen molar-refractivity contribution in [3.63, 3.8) is 0 Å². The number of nitrogens with zero attached hydrogens (tertiary/aromatic N) is 2. The molecule has 0 bridgehead atoms. The van der Waals surface area contributed by atoms with Gasteiger partial charge in [0, 0.05) is 13.0 Å². The summed E-state index contributed by atoms with van der Waals surface area (Å²) >= 11 is 0. The van der Waals surface area contributed by atoms with Gasteiger partial charge in [0.1, 0.15) is 0 Å². The third kappa shape index (κ3) is 3.75. The second kappa shape index (κ2) is 5.74. The van der Waals surface area contributed by atoms with Crippen molar-refractivity contribution in [1.29, 1.82) is 0 Å². The third-order valence-electron chi connectivity index (χ3n) is 1.50. The van der Waals surface area contributed by atoms with Gasteiger partial charge >= 0.3 is 11.9 Å². The lowest BCUT2D eigenvalue weighted by molar-refractivity contribution is -0.154. The first-order valence-corrected chi connectivity index (χ1v) is 4.44. The number of rotatable bonds is 4. The highest BCUT2D eigenvalue weighted by Gasteiger charge is 2.13. The van der Waals surface area contributed by atoms with E-state index >= 15 is 0 Å². The number of nitrogens with one attached hydrogen (secondary N) is 1. The number of hydrogen-bond acceptors (Lipinski definition) is 6. The average molecular weight is 213 g/mol. The molecule has 0 spiro atoms. The summed E-state index contributed by atoms with van der Waals surface area (Å²) in [6, 6.07) is 0. The molecule has 0 fully saturated rings. The summed E-state index contributed by atoms with van der Waals surface area (Å²) in [7, 11) is 0. The van der Waals surface area contributed by atoms with E-state index in [9.17, 15) is 9.59 Å². The van der Waals surface area contributed by atoms with E-state index in [4.69, 9.17) is 0 Å². The maximum Gasteiger partial charge on any atom is 0.396 e. The summed E-state index contributed by atoms with van der Waals surface area (Å²) in [6.45, 7) is 2.07. The molecule has 0 aromatic carbocycles. The molecule has 7 nitrogen and oxygen atoms in total. The molecule has 0 radical (unpaired) electrons. The van der Waals surface area contributed by atoms with Crippen molar-refractivity contribution in [3.05, 3.63) is 12.2 Å². The molecule has 1 heterocycles. The highest BCUT2D eigenvalue weighted by Crippen LogP contribution is 1.88. The molecule has 0 saturated carbocycles. The zero-order chi connectivity index (χ0) is 11.1. The summed E-state index contributed by atoms with van der Waals surface area (Å²) < 4.78 is 8.98. The first kappa shape index (κ1) is 11.2. The predicted molar refractivity (Wildman–Crippen MR) is 47.6 cm³/mol. The second-order valence-electron chi connectivity index (χ2n) is 2.57. The van der Waals surface area contributed by atoms with Crippen LogP contribution in [0, 0.1) is 0 Å². The van der Waals surface area contributed by atoms with Crippen LogP contribution in [0.15, 0.2) is 10.9 Å². The molecule has 15 heavy (non-hydrogen) atoms. The van der Waals surface area contributed by atoms with E-state index in [0.717, 1.165) is 0 Å². The van der Waals surface area contributed by atoms with Crippen molar-refractivity contribution >= 4 is 11.9 Å². The number of carbonyl (C=O) groups is 2. The minimum Gasteiger partial charge on any atom is -0.459 e. The lowest BCUT2D eigenvalue weighted by Gasteiger charge is -2.02. The van der Waals surface area contributed by atoms with Gasteiger partial charge in [0.2, 0.25) is 6.39 Å². The molecule has 0 unspecified atom stereocenters. The van der Waals surface area contributed by atoms with Gasteiger partial charge < -0.3 is 14.6 Å². The summed E-state index contributed by atoms with van der Waals surface area (Å²) in [5, 5.41) is 5.91. The quantitative estimate of drug-likeness (QED) is 0.524. The Hall–Kier alpha value is -1.92. The molecule has 1 N–H and O–H groups in total. The lowest BCUT2D eigenvalue weighted by atomic mass is 10.4. The van der Waals surface area contributed by atoms with Gasteiger partial charge in [0.05, 0.1) is 6.61 Å². The van der Waals surface area contributed by atoms with Crippen LogP contribution in [-0.2, 0) is 20.7 Å². The average Bonchev–Trinajstić information content (AvgIpc) is 2.71. The lowest BCUT2D eigenvalue weighted by Crippen LogP contribution is -2.33. The van der Waals surface area contributed by atoms with Crippen molar-refractivity contribution in [1.82, 2.24) is 15.5 Å². The minimum absolute atomic E-state index is 0.178. The minimum atomic E-state index is -0.884. The molecule has 0 atom stereocenters. The van der Waals surface area contributed by atoms with Crippen LogP contribution in [-0.4, -0.2) is 35.2 Å². The van der Waals surface area contributed by atoms with Crippen LogP contribution < -0.4 is 5.32 Å². The molecular formula is C8H11N3O4. The predicted octanol–water partition coefficient (Wildman–Crippen LogP) is -0.709. The van der Waals surface area contributed by atoms with Gasteiger partial charge in [-0.25, -0.2) is 4.79 Å². The van der Waals surface area contributed by atoms with E-state index in [-0.39, 0.29) is 13.2 Å². The smallest absolute Gasteiger partial charge is 0.396 e. The van der Waals surface area contributed by atoms with Crippen LogP contribution in [0.5, 0.6) is 0 Å². The van der Waals surface area contributed by atoms with Crippen LogP contribution >= 0.6 is 0 Å². The van der Waals surface area contributed by atoms with Gasteiger partial charge in [-0.3, -0.25) is 4.79 Å². The third-order valence-corrected chi connectivity index (χ3v) is 1.50. The molecule has 1 amide bonds. The molecule has 0 aliphatic heterocycles. The van der Waals surface area contributed by atoms with Crippen molar-refractivity contribution in [3.8, 4) is 0 Å². The zero-order valence-corrected chi connectivity index (χ0v) is 8.23. The second-order valence-corrected chi connectivity index (χ2v) is 2.57. The molecule has 0 aliphatic rings. The fourth-order valence-corrected chi connectivity index (χ4v) is 0.859. The van der Waals surface area contributed by atoms with Crippen molar-refractivity contribution in [2.45, 2.75) is 13.3 Å². The Morgan fingerprint density at radius 1 is 1.60 bits per heavy atom. The Morgan fingerprint density at radius 2 is 2.40 bits per heavy atom. The summed E-state index contributed by atoms with van der Waals surface area (Å²) in [5.41, 5.74) is 0. The monoisotopic (exact) mass is 213 g/mol. The molecule has 7 heteroatoms. The topological polar surface area (TPSA) is 94.3 Å². The number of esters is 1. The normalized spacial score (nSPS) is 9.67. The van der Waals surface area contributed by atoms with Gasteiger partial charge in [-0.15, -0.1) is 0 Å². The Morgan fingerprint density at radius 3 is 3.00 bits per heavy atom. The Kier molecular flexibility index (Phi) is 4.27. The molecule has 0 saturated heterocycles. The molecule has 0 aliphatic carbocycles. The number of carbonyl (C=O) groups excluding carboxylic acids is 2. The van der Waals surface area contributed by atoms with E-state index in [1.807, 2.05) is 0 Å².